The Hall–Kier alpha value is -1.48. The van der Waals surface area contributed by atoms with Gasteiger partial charge in [-0.05, 0) is 24.3 Å². The van der Waals surface area contributed by atoms with E-state index in [2.05, 4.69) is 27.7 Å². The Balaban J connectivity index is 0.00000106. The first-order chi connectivity index (χ1) is 9.92. The molecular weight excluding hydrogens is 264 g/mol. The molecule has 0 radical (unpaired) electrons. The molecule has 0 atom stereocenters. The molecule has 0 saturated carbocycles. The maximum absolute atomic E-state index is 9.06. The Bertz CT molecular complexity index is 532. The van der Waals surface area contributed by atoms with Gasteiger partial charge in [0.15, 0.2) is 0 Å². The minimum atomic E-state index is -0.153. The molecule has 0 bridgehead atoms. The summed E-state index contributed by atoms with van der Waals surface area (Å²) in [4.78, 5) is 0. The maximum atomic E-state index is 9.06. The van der Waals surface area contributed by atoms with Crippen molar-refractivity contribution in [1.29, 1.82) is 0 Å². The van der Waals surface area contributed by atoms with E-state index in [9.17, 15) is 0 Å². The topological polar surface area (TPSA) is 46.5 Å². The van der Waals surface area contributed by atoms with Crippen molar-refractivity contribution in [2.75, 3.05) is 0 Å². The molecule has 21 heavy (non-hydrogen) atoms. The summed E-state index contributed by atoms with van der Waals surface area (Å²) in [6.07, 6.45) is 0.776. The lowest BCUT2D eigenvalue weighted by Gasteiger charge is -2.20. The summed E-state index contributed by atoms with van der Waals surface area (Å²) in [6.45, 7) is 12.4. The Morgan fingerprint density at radius 1 is 1.00 bits per heavy atom. The molecule has 0 amide bonds. The third kappa shape index (κ3) is 4.50. The van der Waals surface area contributed by atoms with Crippen LogP contribution < -0.4 is 0 Å². The van der Waals surface area contributed by atoms with Gasteiger partial charge >= 0.3 is 0 Å². The van der Waals surface area contributed by atoms with Crippen LogP contribution >= 0.6 is 0 Å². The van der Waals surface area contributed by atoms with Crippen molar-refractivity contribution in [2.24, 2.45) is 0 Å². The largest absolute Gasteiger partial charge is 0.466 e. The van der Waals surface area contributed by atoms with E-state index in [0.717, 1.165) is 23.7 Å². The molecule has 0 spiro atoms. The highest BCUT2D eigenvalue weighted by atomic mass is 16.4. The maximum Gasteiger partial charge on any atom is 0.129 e. The minimum Gasteiger partial charge on any atom is -0.466 e. The Kier molecular flexibility index (Phi) is 6.28. The molecule has 0 saturated heterocycles. The summed E-state index contributed by atoms with van der Waals surface area (Å²) in [5.74, 6) is 3.86. The second kappa shape index (κ2) is 7.51. The molecular formula is C18H28O3. The monoisotopic (exact) mass is 292 g/mol. The van der Waals surface area contributed by atoms with E-state index in [1.807, 2.05) is 38.1 Å². The lowest BCUT2D eigenvalue weighted by Crippen LogP contribution is -2.19. The first-order valence-electron chi connectivity index (χ1n) is 7.71. The second-order valence-electron chi connectivity index (χ2n) is 5.94. The van der Waals surface area contributed by atoms with Crippen molar-refractivity contribution in [3.05, 3.63) is 47.3 Å². The molecule has 2 rings (SSSR count). The van der Waals surface area contributed by atoms with Gasteiger partial charge in [0.25, 0.3) is 0 Å². The van der Waals surface area contributed by atoms with Crippen LogP contribution in [-0.4, -0.2) is 5.11 Å². The summed E-state index contributed by atoms with van der Waals surface area (Å²) in [5.41, 5.74) is -0.153. The van der Waals surface area contributed by atoms with E-state index in [0.29, 0.717) is 11.7 Å². The van der Waals surface area contributed by atoms with Crippen molar-refractivity contribution in [3.63, 3.8) is 0 Å². The molecule has 0 unspecified atom stereocenters. The molecule has 2 aromatic heterocycles. The Labute approximate surface area is 128 Å². The fourth-order valence-corrected chi connectivity index (χ4v) is 2.15. The molecule has 1 N–H and O–H groups in total. The standard InChI is InChI=1S/C16H22O3.C2H6/c1-11(2)14-7-5-12(18-14)9-16(3,4)15-8-6-13(10-17)19-15;1-2/h5-8,11,17H,9-10H2,1-4H3;1-2H3. The zero-order valence-corrected chi connectivity index (χ0v) is 14.1. The van der Waals surface area contributed by atoms with Gasteiger partial charge in [-0.25, -0.2) is 0 Å². The fraction of sp³-hybridized carbons (Fsp3) is 0.556. The number of hydrogen-bond donors (Lipinski definition) is 1. The van der Waals surface area contributed by atoms with Crippen LogP contribution in [0.25, 0.3) is 0 Å². The predicted octanol–water partition coefficient (Wildman–Crippen LogP) is 5.03. The van der Waals surface area contributed by atoms with Crippen LogP contribution in [0.4, 0.5) is 0 Å². The fourth-order valence-electron chi connectivity index (χ4n) is 2.15. The third-order valence-corrected chi connectivity index (χ3v) is 3.35. The number of hydrogen-bond acceptors (Lipinski definition) is 3. The van der Waals surface area contributed by atoms with Crippen LogP contribution in [0.2, 0.25) is 0 Å². The molecule has 0 aliphatic heterocycles. The highest BCUT2D eigenvalue weighted by Crippen LogP contribution is 2.30. The lowest BCUT2D eigenvalue weighted by molar-refractivity contribution is 0.234. The average Bonchev–Trinajstić information content (AvgIpc) is 3.09. The molecule has 2 heterocycles. The molecule has 0 aliphatic carbocycles. The highest BCUT2D eigenvalue weighted by Gasteiger charge is 2.26. The second-order valence-corrected chi connectivity index (χ2v) is 5.94. The quantitative estimate of drug-likeness (QED) is 0.840. The van der Waals surface area contributed by atoms with E-state index in [1.165, 1.54) is 0 Å². The smallest absolute Gasteiger partial charge is 0.129 e. The minimum absolute atomic E-state index is 0.0612. The van der Waals surface area contributed by atoms with Crippen molar-refractivity contribution >= 4 is 0 Å². The zero-order valence-electron chi connectivity index (χ0n) is 14.1. The van der Waals surface area contributed by atoms with E-state index < -0.39 is 0 Å². The van der Waals surface area contributed by atoms with Crippen LogP contribution in [0.5, 0.6) is 0 Å². The van der Waals surface area contributed by atoms with Gasteiger partial charge in [0, 0.05) is 17.8 Å². The van der Waals surface area contributed by atoms with Gasteiger partial charge in [-0.3, -0.25) is 0 Å². The summed E-state index contributed by atoms with van der Waals surface area (Å²) >= 11 is 0. The van der Waals surface area contributed by atoms with Gasteiger partial charge < -0.3 is 13.9 Å². The Morgan fingerprint density at radius 3 is 2.10 bits per heavy atom. The van der Waals surface area contributed by atoms with Gasteiger partial charge in [-0.1, -0.05) is 41.5 Å². The molecule has 118 valence electrons. The van der Waals surface area contributed by atoms with Crippen LogP contribution in [-0.2, 0) is 18.4 Å². The highest BCUT2D eigenvalue weighted by molar-refractivity contribution is 5.19. The summed E-state index contributed by atoms with van der Waals surface area (Å²) in [6, 6.07) is 7.82. The molecule has 0 aliphatic rings. The number of rotatable bonds is 5. The first kappa shape index (κ1) is 17.6. The molecule has 2 aromatic rings. The number of aliphatic hydroxyl groups is 1. The van der Waals surface area contributed by atoms with E-state index in [1.54, 1.807) is 0 Å². The van der Waals surface area contributed by atoms with Crippen LogP contribution in [0.1, 0.15) is 70.5 Å². The first-order valence-corrected chi connectivity index (χ1v) is 7.71. The summed E-state index contributed by atoms with van der Waals surface area (Å²) in [5, 5.41) is 9.06. The average molecular weight is 292 g/mol. The van der Waals surface area contributed by atoms with Crippen LogP contribution in [0.15, 0.2) is 33.1 Å². The zero-order chi connectivity index (χ0) is 16.0. The van der Waals surface area contributed by atoms with E-state index in [4.69, 9.17) is 13.9 Å². The third-order valence-electron chi connectivity index (χ3n) is 3.35. The van der Waals surface area contributed by atoms with Gasteiger partial charge in [-0.15, -0.1) is 0 Å². The van der Waals surface area contributed by atoms with Gasteiger partial charge in [0.1, 0.15) is 29.6 Å². The SMILES string of the molecule is CC.CC(C)c1ccc(CC(C)(C)c2ccc(CO)o2)o1. The summed E-state index contributed by atoms with van der Waals surface area (Å²) < 4.78 is 11.5. The van der Waals surface area contributed by atoms with Gasteiger partial charge in [-0.2, -0.15) is 0 Å². The molecule has 3 nitrogen and oxygen atoms in total. The predicted molar refractivity (Wildman–Crippen MR) is 85.5 cm³/mol. The normalized spacial score (nSPS) is 11.4. The van der Waals surface area contributed by atoms with Gasteiger partial charge in [0.05, 0.1) is 0 Å². The van der Waals surface area contributed by atoms with Crippen molar-refractivity contribution in [2.45, 2.75) is 65.9 Å². The molecule has 0 fully saturated rings. The summed E-state index contributed by atoms with van der Waals surface area (Å²) in [7, 11) is 0. The van der Waals surface area contributed by atoms with E-state index in [-0.39, 0.29) is 12.0 Å². The van der Waals surface area contributed by atoms with E-state index >= 15 is 0 Å². The lowest BCUT2D eigenvalue weighted by atomic mass is 9.85. The van der Waals surface area contributed by atoms with Crippen molar-refractivity contribution in [3.8, 4) is 0 Å². The molecule has 0 aromatic carbocycles. The number of furan rings is 2. The van der Waals surface area contributed by atoms with Gasteiger partial charge in [0.2, 0.25) is 0 Å². The number of aliphatic hydroxyl groups excluding tert-OH is 1. The van der Waals surface area contributed by atoms with Crippen molar-refractivity contribution < 1.29 is 13.9 Å². The molecule has 3 heteroatoms. The van der Waals surface area contributed by atoms with Crippen LogP contribution in [0, 0.1) is 0 Å². The van der Waals surface area contributed by atoms with Crippen molar-refractivity contribution in [1.82, 2.24) is 0 Å². The van der Waals surface area contributed by atoms with Crippen LogP contribution in [0.3, 0.4) is 0 Å². The Morgan fingerprint density at radius 2 is 1.62 bits per heavy atom.